The molecular formula is C16H10ClNO2. The van der Waals surface area contributed by atoms with Crippen molar-refractivity contribution in [1.82, 2.24) is 4.98 Å². The van der Waals surface area contributed by atoms with Crippen molar-refractivity contribution in [2.45, 2.75) is 0 Å². The number of hydrogen-bond donors (Lipinski definition) is 0. The van der Waals surface area contributed by atoms with Crippen LogP contribution in [-0.2, 0) is 0 Å². The van der Waals surface area contributed by atoms with Crippen LogP contribution in [0.4, 0.5) is 0 Å². The van der Waals surface area contributed by atoms with Gasteiger partial charge in [-0.2, -0.15) is 0 Å². The first-order valence-corrected chi connectivity index (χ1v) is 6.44. The lowest BCUT2D eigenvalue weighted by Crippen LogP contribution is -2.02. The molecule has 0 aliphatic heterocycles. The molecule has 0 saturated carbocycles. The first-order chi connectivity index (χ1) is 9.72. The molecule has 0 atom stereocenters. The molecule has 98 valence electrons. The van der Waals surface area contributed by atoms with E-state index in [0.29, 0.717) is 15.9 Å². The molecule has 0 N–H and O–H groups in total. The van der Waals surface area contributed by atoms with E-state index in [1.165, 1.54) is 0 Å². The maximum absolute atomic E-state index is 11.8. The second-order valence-corrected chi connectivity index (χ2v) is 4.68. The van der Waals surface area contributed by atoms with Crippen LogP contribution in [0.15, 0.2) is 57.7 Å². The van der Waals surface area contributed by atoms with Gasteiger partial charge in [0.05, 0.1) is 10.9 Å². The van der Waals surface area contributed by atoms with E-state index in [9.17, 15) is 4.79 Å². The van der Waals surface area contributed by atoms with Crippen molar-refractivity contribution in [2.75, 3.05) is 0 Å². The minimum Gasteiger partial charge on any atom is -0.404 e. The summed E-state index contributed by atoms with van der Waals surface area (Å²) in [6.07, 6.45) is 3.45. The van der Waals surface area contributed by atoms with Gasteiger partial charge >= 0.3 is 5.63 Å². The van der Waals surface area contributed by atoms with Gasteiger partial charge in [0.25, 0.3) is 0 Å². The summed E-state index contributed by atoms with van der Waals surface area (Å²) in [5.41, 5.74) is 1.14. The first-order valence-electron chi connectivity index (χ1n) is 6.06. The highest BCUT2D eigenvalue weighted by molar-refractivity contribution is 6.30. The van der Waals surface area contributed by atoms with Crippen molar-refractivity contribution in [2.24, 2.45) is 0 Å². The van der Waals surface area contributed by atoms with Gasteiger partial charge in [0.2, 0.25) is 5.89 Å². The van der Waals surface area contributed by atoms with Gasteiger partial charge in [-0.1, -0.05) is 35.9 Å². The van der Waals surface area contributed by atoms with Crippen LogP contribution in [0.5, 0.6) is 0 Å². The average Bonchev–Trinajstić information content (AvgIpc) is 2.45. The summed E-state index contributed by atoms with van der Waals surface area (Å²) < 4.78 is 5.16. The largest absolute Gasteiger partial charge is 0.404 e. The van der Waals surface area contributed by atoms with Crippen LogP contribution < -0.4 is 5.63 Å². The molecule has 1 heterocycles. The second-order valence-electron chi connectivity index (χ2n) is 4.25. The van der Waals surface area contributed by atoms with Crippen LogP contribution in [0.1, 0.15) is 11.5 Å². The summed E-state index contributed by atoms with van der Waals surface area (Å²) in [5.74, 6) is 0.272. The van der Waals surface area contributed by atoms with Crippen LogP contribution in [0.2, 0.25) is 5.02 Å². The van der Waals surface area contributed by atoms with E-state index in [-0.39, 0.29) is 11.5 Å². The normalized spacial score (nSPS) is 11.2. The van der Waals surface area contributed by atoms with Gasteiger partial charge in [-0.3, -0.25) is 0 Å². The predicted octanol–water partition coefficient (Wildman–Crippen LogP) is 4.01. The van der Waals surface area contributed by atoms with Crippen LogP contribution >= 0.6 is 11.6 Å². The van der Waals surface area contributed by atoms with Gasteiger partial charge in [0.1, 0.15) is 0 Å². The van der Waals surface area contributed by atoms with Crippen molar-refractivity contribution >= 4 is 34.7 Å². The third kappa shape index (κ3) is 2.63. The number of rotatable bonds is 2. The fourth-order valence-corrected chi connectivity index (χ4v) is 2.08. The standard InChI is InChI=1S/C16H10ClNO2/c17-12-5-3-4-11(10-12)8-9-15-18-14-7-2-1-6-13(14)16(19)20-15/h1-10H/b9-8+. The molecule has 0 fully saturated rings. The summed E-state index contributed by atoms with van der Waals surface area (Å²) in [5, 5.41) is 1.13. The fraction of sp³-hybridized carbons (Fsp3) is 0. The number of hydrogen-bond acceptors (Lipinski definition) is 3. The molecule has 0 spiro atoms. The average molecular weight is 284 g/mol. The Labute approximate surface area is 120 Å². The molecule has 3 nitrogen and oxygen atoms in total. The SMILES string of the molecule is O=c1oc(/C=C/c2cccc(Cl)c2)nc2ccccc12. The van der Waals surface area contributed by atoms with Gasteiger partial charge < -0.3 is 4.42 Å². The fourth-order valence-electron chi connectivity index (χ4n) is 1.88. The van der Waals surface area contributed by atoms with Crippen LogP contribution in [0.25, 0.3) is 23.1 Å². The maximum atomic E-state index is 11.8. The van der Waals surface area contributed by atoms with E-state index in [1.54, 1.807) is 36.4 Å². The summed E-state index contributed by atoms with van der Waals surface area (Å²) in [6.45, 7) is 0. The molecule has 0 saturated heterocycles. The number of fused-ring (bicyclic) bond motifs is 1. The molecule has 0 amide bonds. The number of para-hydroxylation sites is 1. The molecule has 0 aliphatic carbocycles. The van der Waals surface area contributed by atoms with E-state index >= 15 is 0 Å². The lowest BCUT2D eigenvalue weighted by molar-refractivity contribution is 0.491. The van der Waals surface area contributed by atoms with Gasteiger partial charge in [0.15, 0.2) is 0 Å². The zero-order valence-corrected chi connectivity index (χ0v) is 11.2. The molecule has 20 heavy (non-hydrogen) atoms. The lowest BCUT2D eigenvalue weighted by atomic mass is 10.2. The summed E-state index contributed by atoms with van der Waals surface area (Å²) in [6, 6.07) is 14.5. The smallest absolute Gasteiger partial charge is 0.347 e. The molecule has 0 bridgehead atoms. The first kappa shape index (κ1) is 12.6. The van der Waals surface area contributed by atoms with Gasteiger partial charge in [-0.15, -0.1) is 0 Å². The Bertz CT molecular complexity index is 852. The second kappa shape index (κ2) is 5.31. The lowest BCUT2D eigenvalue weighted by Gasteiger charge is -1.97. The minimum atomic E-state index is -0.388. The Morgan fingerprint density at radius 3 is 2.75 bits per heavy atom. The van der Waals surface area contributed by atoms with E-state index in [2.05, 4.69) is 4.98 Å². The third-order valence-electron chi connectivity index (χ3n) is 2.82. The van der Waals surface area contributed by atoms with E-state index in [1.807, 2.05) is 24.3 Å². The molecule has 0 aliphatic rings. The van der Waals surface area contributed by atoms with Crippen LogP contribution in [0, 0.1) is 0 Å². The minimum absolute atomic E-state index is 0.272. The molecular weight excluding hydrogens is 274 g/mol. The molecule has 3 aromatic rings. The zero-order chi connectivity index (χ0) is 13.9. The Balaban J connectivity index is 2.01. The van der Waals surface area contributed by atoms with Crippen molar-refractivity contribution < 1.29 is 4.42 Å². The highest BCUT2D eigenvalue weighted by Crippen LogP contribution is 2.14. The maximum Gasteiger partial charge on any atom is 0.347 e. The number of nitrogens with zero attached hydrogens (tertiary/aromatic N) is 1. The molecule has 2 aromatic carbocycles. The Morgan fingerprint density at radius 1 is 1.05 bits per heavy atom. The monoisotopic (exact) mass is 283 g/mol. The zero-order valence-electron chi connectivity index (χ0n) is 10.4. The summed E-state index contributed by atoms with van der Waals surface area (Å²) >= 11 is 5.91. The number of halogens is 1. The highest BCUT2D eigenvalue weighted by atomic mass is 35.5. The molecule has 0 radical (unpaired) electrons. The van der Waals surface area contributed by atoms with E-state index in [0.717, 1.165) is 5.56 Å². The summed E-state index contributed by atoms with van der Waals surface area (Å²) in [4.78, 5) is 16.1. The van der Waals surface area contributed by atoms with Crippen LogP contribution in [-0.4, -0.2) is 4.98 Å². The predicted molar refractivity (Wildman–Crippen MR) is 80.7 cm³/mol. The van der Waals surface area contributed by atoms with Crippen molar-refractivity contribution in [3.63, 3.8) is 0 Å². The molecule has 0 unspecified atom stereocenters. The summed E-state index contributed by atoms with van der Waals surface area (Å²) in [7, 11) is 0. The quantitative estimate of drug-likeness (QED) is 0.713. The molecule has 1 aromatic heterocycles. The molecule has 3 rings (SSSR count). The van der Waals surface area contributed by atoms with E-state index in [4.69, 9.17) is 16.0 Å². The van der Waals surface area contributed by atoms with Crippen molar-refractivity contribution in [1.29, 1.82) is 0 Å². The molecule has 4 heteroatoms. The van der Waals surface area contributed by atoms with Crippen molar-refractivity contribution in [3.05, 3.63) is 75.4 Å². The van der Waals surface area contributed by atoms with Crippen LogP contribution in [0.3, 0.4) is 0 Å². The van der Waals surface area contributed by atoms with E-state index < -0.39 is 0 Å². The van der Waals surface area contributed by atoms with Gasteiger partial charge in [0, 0.05) is 11.1 Å². The topological polar surface area (TPSA) is 43.1 Å². The van der Waals surface area contributed by atoms with Gasteiger partial charge in [-0.25, -0.2) is 9.78 Å². The third-order valence-corrected chi connectivity index (χ3v) is 3.05. The van der Waals surface area contributed by atoms with Gasteiger partial charge in [-0.05, 0) is 35.9 Å². The Hall–Kier alpha value is -2.39. The van der Waals surface area contributed by atoms with Crippen molar-refractivity contribution in [3.8, 4) is 0 Å². The Morgan fingerprint density at radius 2 is 1.90 bits per heavy atom. The Kier molecular flexibility index (Phi) is 3.35. The highest BCUT2D eigenvalue weighted by Gasteiger charge is 2.02. The number of aromatic nitrogens is 1. The number of benzene rings is 2.